The molecule has 1 rings (SSSR count). The van der Waals surface area contributed by atoms with Crippen molar-refractivity contribution in [1.29, 1.82) is 0 Å². The Labute approximate surface area is 114 Å². The van der Waals surface area contributed by atoms with Crippen molar-refractivity contribution in [3.63, 3.8) is 0 Å². The molecule has 1 aromatic rings. The molecule has 0 heterocycles. The molecule has 18 heavy (non-hydrogen) atoms. The van der Waals surface area contributed by atoms with Gasteiger partial charge in [-0.15, -0.1) is 0 Å². The van der Waals surface area contributed by atoms with Crippen molar-refractivity contribution < 1.29 is 14.3 Å². The molecule has 0 aromatic heterocycles. The highest BCUT2D eigenvalue weighted by Gasteiger charge is 2.04. The minimum absolute atomic E-state index is 0.263. The highest BCUT2D eigenvalue weighted by molar-refractivity contribution is 9.10. The van der Waals surface area contributed by atoms with Crippen LogP contribution in [-0.4, -0.2) is 32.2 Å². The van der Waals surface area contributed by atoms with Gasteiger partial charge < -0.3 is 15.4 Å². The predicted molar refractivity (Wildman–Crippen MR) is 71.3 cm³/mol. The Morgan fingerprint density at radius 1 is 1.28 bits per heavy atom. The fourth-order valence-corrected chi connectivity index (χ4v) is 1.48. The van der Waals surface area contributed by atoms with E-state index in [4.69, 9.17) is 0 Å². The second-order valence-electron chi connectivity index (χ2n) is 3.55. The average Bonchev–Trinajstić information content (AvgIpc) is 2.38. The van der Waals surface area contributed by atoms with Gasteiger partial charge in [-0.2, -0.15) is 0 Å². The molecular weight excluding hydrogens is 300 g/mol. The summed E-state index contributed by atoms with van der Waals surface area (Å²) in [6.45, 7) is 0.203. The lowest BCUT2D eigenvalue weighted by Crippen LogP contribution is -2.31. The van der Waals surface area contributed by atoms with Gasteiger partial charge >= 0.3 is 6.09 Å². The fourth-order valence-electron chi connectivity index (χ4n) is 1.21. The molecule has 0 bridgehead atoms. The second kappa shape index (κ2) is 7.71. The number of amides is 2. The summed E-state index contributed by atoms with van der Waals surface area (Å²) in [7, 11) is 1.48. The van der Waals surface area contributed by atoms with E-state index in [0.717, 1.165) is 10.0 Å². The van der Waals surface area contributed by atoms with Crippen molar-refractivity contribution >= 4 is 27.9 Å². The summed E-state index contributed by atoms with van der Waals surface area (Å²) in [5.74, 6) is -0.335. The third kappa shape index (κ3) is 5.67. The van der Waals surface area contributed by atoms with Crippen LogP contribution < -0.4 is 10.6 Å². The van der Waals surface area contributed by atoms with Gasteiger partial charge in [-0.1, -0.05) is 28.1 Å². The van der Waals surface area contributed by atoms with Crippen molar-refractivity contribution in [1.82, 2.24) is 10.6 Å². The van der Waals surface area contributed by atoms with E-state index in [1.54, 1.807) is 0 Å². The smallest absolute Gasteiger partial charge is 0.407 e. The first-order valence-corrected chi connectivity index (χ1v) is 6.27. The topological polar surface area (TPSA) is 67.4 Å². The van der Waals surface area contributed by atoms with Gasteiger partial charge in [-0.25, -0.2) is 4.79 Å². The molecule has 0 saturated carbocycles. The van der Waals surface area contributed by atoms with Gasteiger partial charge in [-0.05, 0) is 24.1 Å². The molecule has 0 unspecified atom stereocenters. The summed E-state index contributed by atoms with van der Waals surface area (Å²) in [5, 5.41) is 4.93. The van der Waals surface area contributed by atoms with Gasteiger partial charge in [0, 0.05) is 18.1 Å². The van der Waals surface area contributed by atoms with E-state index in [2.05, 4.69) is 31.3 Å². The standard InChI is InChI=1S/C12H15BrN2O3/c1-14-11(16)8-18-12(17)15-7-6-9-2-4-10(13)5-3-9/h2-5H,6-8H2,1H3,(H,14,16)(H,15,17). The summed E-state index contributed by atoms with van der Waals surface area (Å²) in [6, 6.07) is 7.84. The molecule has 0 aliphatic carbocycles. The molecule has 0 atom stereocenters. The molecule has 0 aliphatic rings. The Morgan fingerprint density at radius 3 is 2.56 bits per heavy atom. The number of benzene rings is 1. The van der Waals surface area contributed by atoms with Crippen molar-refractivity contribution in [2.24, 2.45) is 0 Å². The van der Waals surface area contributed by atoms with Crippen LogP contribution in [0.5, 0.6) is 0 Å². The van der Waals surface area contributed by atoms with Crippen molar-refractivity contribution in [3.8, 4) is 0 Å². The Balaban J connectivity index is 2.19. The number of hydrogen-bond donors (Lipinski definition) is 2. The van der Waals surface area contributed by atoms with Crippen molar-refractivity contribution in [2.75, 3.05) is 20.2 Å². The van der Waals surface area contributed by atoms with Gasteiger partial charge in [0.2, 0.25) is 0 Å². The van der Waals surface area contributed by atoms with Crippen LogP contribution in [0.25, 0.3) is 0 Å². The minimum Gasteiger partial charge on any atom is -0.439 e. The quantitative estimate of drug-likeness (QED) is 0.864. The van der Waals surface area contributed by atoms with Crippen molar-refractivity contribution in [2.45, 2.75) is 6.42 Å². The minimum atomic E-state index is -0.587. The normalized spacial score (nSPS) is 9.67. The predicted octanol–water partition coefficient (Wildman–Crippen LogP) is 1.46. The van der Waals surface area contributed by atoms with Crippen LogP contribution in [0.4, 0.5) is 4.79 Å². The Hall–Kier alpha value is -1.56. The second-order valence-corrected chi connectivity index (χ2v) is 4.47. The summed E-state index contributed by atoms with van der Waals surface area (Å²) >= 11 is 3.35. The van der Waals surface area contributed by atoms with E-state index < -0.39 is 6.09 Å². The van der Waals surface area contributed by atoms with Crippen LogP contribution in [0.2, 0.25) is 0 Å². The zero-order chi connectivity index (χ0) is 13.4. The van der Waals surface area contributed by atoms with Gasteiger partial charge in [0.05, 0.1) is 0 Å². The van der Waals surface area contributed by atoms with Gasteiger partial charge in [-0.3, -0.25) is 4.79 Å². The molecule has 0 fully saturated rings. The van der Waals surface area contributed by atoms with Crippen LogP contribution in [0, 0.1) is 0 Å². The number of rotatable bonds is 5. The maximum Gasteiger partial charge on any atom is 0.407 e. The molecule has 2 amide bonds. The molecule has 5 nitrogen and oxygen atoms in total. The highest BCUT2D eigenvalue weighted by Crippen LogP contribution is 2.10. The largest absolute Gasteiger partial charge is 0.439 e. The molecule has 0 aliphatic heterocycles. The van der Waals surface area contributed by atoms with Gasteiger partial charge in [0.25, 0.3) is 5.91 Å². The maximum absolute atomic E-state index is 11.2. The average molecular weight is 315 g/mol. The molecule has 1 aromatic carbocycles. The first-order valence-electron chi connectivity index (χ1n) is 5.47. The number of halogens is 1. The lowest BCUT2D eigenvalue weighted by atomic mass is 10.1. The zero-order valence-electron chi connectivity index (χ0n) is 10.0. The van der Waals surface area contributed by atoms with E-state index in [-0.39, 0.29) is 12.5 Å². The zero-order valence-corrected chi connectivity index (χ0v) is 11.6. The van der Waals surface area contributed by atoms with Gasteiger partial charge in [0.15, 0.2) is 6.61 Å². The first-order chi connectivity index (χ1) is 8.61. The fraction of sp³-hybridized carbons (Fsp3) is 0.333. The monoisotopic (exact) mass is 314 g/mol. The summed E-state index contributed by atoms with van der Waals surface area (Å²) in [4.78, 5) is 22.0. The third-order valence-corrected chi connectivity index (χ3v) is 2.74. The number of hydrogen-bond acceptors (Lipinski definition) is 3. The van der Waals surface area contributed by atoms with E-state index in [1.165, 1.54) is 7.05 Å². The van der Waals surface area contributed by atoms with Crippen LogP contribution in [0.15, 0.2) is 28.7 Å². The first kappa shape index (κ1) is 14.5. The lowest BCUT2D eigenvalue weighted by Gasteiger charge is -2.06. The van der Waals surface area contributed by atoms with E-state index in [1.807, 2.05) is 24.3 Å². The summed E-state index contributed by atoms with van der Waals surface area (Å²) < 4.78 is 5.70. The van der Waals surface area contributed by atoms with Crippen LogP contribution in [0.3, 0.4) is 0 Å². The molecular formula is C12H15BrN2O3. The van der Waals surface area contributed by atoms with E-state index >= 15 is 0 Å². The van der Waals surface area contributed by atoms with E-state index in [9.17, 15) is 9.59 Å². The van der Waals surface area contributed by atoms with Gasteiger partial charge in [0.1, 0.15) is 0 Å². The molecule has 0 saturated heterocycles. The SMILES string of the molecule is CNC(=O)COC(=O)NCCc1ccc(Br)cc1. The Bertz CT molecular complexity index is 406. The molecule has 0 radical (unpaired) electrons. The highest BCUT2D eigenvalue weighted by atomic mass is 79.9. The molecule has 6 heteroatoms. The van der Waals surface area contributed by atoms with Crippen LogP contribution >= 0.6 is 15.9 Å². The lowest BCUT2D eigenvalue weighted by molar-refractivity contribution is -0.123. The molecule has 2 N–H and O–H groups in total. The number of carbonyl (C=O) groups is 2. The van der Waals surface area contributed by atoms with Crippen LogP contribution in [-0.2, 0) is 16.0 Å². The number of ether oxygens (including phenoxy) is 1. The third-order valence-electron chi connectivity index (χ3n) is 2.21. The van der Waals surface area contributed by atoms with Crippen molar-refractivity contribution in [3.05, 3.63) is 34.3 Å². The summed E-state index contributed by atoms with van der Waals surface area (Å²) in [5.41, 5.74) is 1.12. The number of likely N-dealkylation sites (N-methyl/N-ethyl adjacent to an activating group) is 1. The Morgan fingerprint density at radius 2 is 1.94 bits per heavy atom. The Kier molecular flexibility index (Phi) is 6.21. The molecule has 0 spiro atoms. The van der Waals surface area contributed by atoms with E-state index in [0.29, 0.717) is 13.0 Å². The number of nitrogens with one attached hydrogen (secondary N) is 2. The maximum atomic E-state index is 11.2. The molecule has 98 valence electrons. The summed E-state index contributed by atoms with van der Waals surface area (Å²) in [6.07, 6.45) is 0.123. The number of carbonyl (C=O) groups excluding carboxylic acids is 2. The number of alkyl carbamates (subject to hydrolysis) is 1. The van der Waals surface area contributed by atoms with Crippen LogP contribution in [0.1, 0.15) is 5.56 Å².